The van der Waals surface area contributed by atoms with E-state index in [0.717, 1.165) is 0 Å². The molecule has 1 saturated heterocycles. The minimum atomic E-state index is -0.895. The summed E-state index contributed by atoms with van der Waals surface area (Å²) >= 11 is 0. The van der Waals surface area contributed by atoms with Crippen LogP contribution in [0.15, 0.2) is 36.5 Å². The van der Waals surface area contributed by atoms with Gasteiger partial charge in [-0.25, -0.2) is 4.68 Å². The molecule has 1 amide bonds. The van der Waals surface area contributed by atoms with Gasteiger partial charge in [0.05, 0.1) is 16.5 Å². The van der Waals surface area contributed by atoms with E-state index in [1.165, 1.54) is 21.7 Å². The smallest absolute Gasteiger partial charge is 0.308 e. The van der Waals surface area contributed by atoms with Gasteiger partial charge in [0.1, 0.15) is 0 Å². The average molecular weight is 344 g/mol. The summed E-state index contributed by atoms with van der Waals surface area (Å²) in [7, 11) is 0. The van der Waals surface area contributed by atoms with E-state index in [0.29, 0.717) is 25.1 Å². The molecule has 0 aliphatic carbocycles. The van der Waals surface area contributed by atoms with Crippen molar-refractivity contribution in [2.45, 2.75) is 12.8 Å². The molecule has 2 aromatic rings. The Labute approximate surface area is 142 Å². The number of nitro benzene ring substituents is 1. The summed E-state index contributed by atoms with van der Waals surface area (Å²) in [5.41, 5.74) is 0.774. The first-order valence-corrected chi connectivity index (χ1v) is 7.78. The van der Waals surface area contributed by atoms with Gasteiger partial charge in [-0.05, 0) is 31.0 Å². The third-order valence-corrected chi connectivity index (χ3v) is 4.19. The van der Waals surface area contributed by atoms with Crippen molar-refractivity contribution in [3.8, 4) is 5.69 Å². The highest BCUT2D eigenvalue weighted by atomic mass is 16.6. The molecular weight excluding hydrogens is 328 g/mol. The second-order valence-electron chi connectivity index (χ2n) is 5.85. The minimum Gasteiger partial charge on any atom is -0.481 e. The average Bonchev–Trinajstić information content (AvgIpc) is 3.11. The molecule has 0 saturated carbocycles. The number of nitrogens with zero attached hydrogens (tertiary/aromatic N) is 4. The van der Waals surface area contributed by atoms with Gasteiger partial charge in [-0.15, -0.1) is 0 Å². The van der Waals surface area contributed by atoms with Crippen LogP contribution in [0.3, 0.4) is 0 Å². The van der Waals surface area contributed by atoms with E-state index < -0.39 is 16.8 Å². The Balaban J connectivity index is 1.75. The second-order valence-corrected chi connectivity index (χ2v) is 5.85. The SMILES string of the molecule is O=C(O)[C@H]1CCCN(C(=O)c2ccn(-c3ccc([N+](=O)[O-])cc3)n2)C1. The van der Waals surface area contributed by atoms with Crippen molar-refractivity contribution in [3.05, 3.63) is 52.3 Å². The quantitative estimate of drug-likeness (QED) is 0.666. The van der Waals surface area contributed by atoms with Crippen LogP contribution < -0.4 is 0 Å². The molecule has 130 valence electrons. The predicted molar refractivity (Wildman–Crippen MR) is 86.5 cm³/mol. The Morgan fingerprint density at radius 1 is 1.24 bits per heavy atom. The van der Waals surface area contributed by atoms with Crippen LogP contribution in [0.4, 0.5) is 5.69 Å². The number of carboxylic acid groups (broad SMARTS) is 1. The van der Waals surface area contributed by atoms with Crippen molar-refractivity contribution >= 4 is 17.6 Å². The van der Waals surface area contributed by atoms with E-state index in [1.807, 2.05) is 0 Å². The number of non-ortho nitro benzene ring substituents is 1. The van der Waals surface area contributed by atoms with E-state index in [2.05, 4.69) is 5.10 Å². The maximum Gasteiger partial charge on any atom is 0.308 e. The van der Waals surface area contributed by atoms with Crippen LogP contribution in [-0.2, 0) is 4.79 Å². The van der Waals surface area contributed by atoms with Gasteiger partial charge < -0.3 is 10.0 Å². The molecule has 9 heteroatoms. The molecule has 1 fully saturated rings. The Hall–Kier alpha value is -3.23. The fraction of sp³-hybridized carbons (Fsp3) is 0.312. The topological polar surface area (TPSA) is 119 Å². The molecule has 2 heterocycles. The van der Waals surface area contributed by atoms with Crippen LogP contribution >= 0.6 is 0 Å². The lowest BCUT2D eigenvalue weighted by Gasteiger charge is -2.30. The number of likely N-dealkylation sites (tertiary alicyclic amines) is 1. The molecular formula is C16H16N4O5. The number of rotatable bonds is 4. The van der Waals surface area contributed by atoms with E-state index in [9.17, 15) is 19.7 Å². The van der Waals surface area contributed by atoms with Crippen LogP contribution in [0.1, 0.15) is 23.3 Å². The van der Waals surface area contributed by atoms with Gasteiger partial charge in [0.15, 0.2) is 5.69 Å². The van der Waals surface area contributed by atoms with Crippen LogP contribution in [0, 0.1) is 16.0 Å². The second kappa shape index (κ2) is 6.71. The van der Waals surface area contributed by atoms with Crippen LogP contribution in [0.25, 0.3) is 5.69 Å². The van der Waals surface area contributed by atoms with Crippen molar-refractivity contribution in [2.75, 3.05) is 13.1 Å². The van der Waals surface area contributed by atoms with Gasteiger partial charge in [0.2, 0.25) is 0 Å². The summed E-state index contributed by atoms with van der Waals surface area (Å²) in [6, 6.07) is 7.36. The van der Waals surface area contributed by atoms with E-state index in [-0.39, 0.29) is 23.8 Å². The number of hydrogen-bond donors (Lipinski definition) is 1. The number of carbonyl (C=O) groups excluding carboxylic acids is 1. The Morgan fingerprint density at radius 2 is 1.96 bits per heavy atom. The molecule has 1 aromatic carbocycles. The predicted octanol–water partition coefficient (Wildman–Crippen LogP) is 1.72. The third-order valence-electron chi connectivity index (χ3n) is 4.19. The molecule has 0 bridgehead atoms. The number of carbonyl (C=O) groups is 2. The molecule has 25 heavy (non-hydrogen) atoms. The lowest BCUT2D eigenvalue weighted by atomic mass is 9.98. The maximum atomic E-state index is 12.5. The number of amides is 1. The number of aromatic nitrogens is 2. The molecule has 1 N–H and O–H groups in total. The Bertz CT molecular complexity index is 814. The summed E-state index contributed by atoms with van der Waals surface area (Å²) in [6.07, 6.45) is 2.80. The van der Waals surface area contributed by atoms with Crippen LogP contribution in [0.2, 0.25) is 0 Å². The zero-order valence-corrected chi connectivity index (χ0v) is 13.2. The first-order valence-electron chi connectivity index (χ1n) is 7.78. The zero-order valence-electron chi connectivity index (χ0n) is 13.2. The Morgan fingerprint density at radius 3 is 2.60 bits per heavy atom. The van der Waals surface area contributed by atoms with E-state index >= 15 is 0 Å². The van der Waals surface area contributed by atoms with Crippen molar-refractivity contribution < 1.29 is 19.6 Å². The van der Waals surface area contributed by atoms with Gasteiger partial charge in [0, 0.05) is 31.4 Å². The van der Waals surface area contributed by atoms with Gasteiger partial charge in [-0.1, -0.05) is 0 Å². The molecule has 1 aliphatic heterocycles. The van der Waals surface area contributed by atoms with Crippen LogP contribution in [0.5, 0.6) is 0 Å². The van der Waals surface area contributed by atoms with E-state index in [1.54, 1.807) is 24.4 Å². The normalized spacial score (nSPS) is 17.3. The molecule has 0 unspecified atom stereocenters. The molecule has 1 atom stereocenters. The van der Waals surface area contributed by atoms with Gasteiger partial charge in [-0.3, -0.25) is 19.7 Å². The first-order chi connectivity index (χ1) is 12.0. The largest absolute Gasteiger partial charge is 0.481 e. The zero-order chi connectivity index (χ0) is 18.0. The fourth-order valence-corrected chi connectivity index (χ4v) is 2.83. The van der Waals surface area contributed by atoms with Crippen molar-refractivity contribution in [2.24, 2.45) is 5.92 Å². The number of piperidine rings is 1. The maximum absolute atomic E-state index is 12.5. The number of aliphatic carboxylic acids is 1. The molecule has 1 aliphatic rings. The molecule has 1 aromatic heterocycles. The van der Waals surface area contributed by atoms with Gasteiger partial charge >= 0.3 is 5.97 Å². The highest BCUT2D eigenvalue weighted by molar-refractivity contribution is 5.92. The summed E-state index contributed by atoms with van der Waals surface area (Å²) in [4.78, 5) is 35.3. The minimum absolute atomic E-state index is 0.0276. The van der Waals surface area contributed by atoms with E-state index in [4.69, 9.17) is 5.11 Å². The molecule has 9 nitrogen and oxygen atoms in total. The summed E-state index contributed by atoms with van der Waals surface area (Å²) in [5, 5.41) is 24.0. The molecule has 0 spiro atoms. The standard InChI is InChI=1S/C16H16N4O5/c21-15(18-8-1-2-11(10-18)16(22)23)14-7-9-19(17-14)12-3-5-13(6-4-12)20(24)25/h3-7,9,11H,1-2,8,10H2,(H,22,23)/t11-/m0/s1. The molecule has 3 rings (SSSR count). The first kappa shape index (κ1) is 16.6. The van der Waals surface area contributed by atoms with Crippen molar-refractivity contribution in [1.29, 1.82) is 0 Å². The van der Waals surface area contributed by atoms with Crippen molar-refractivity contribution in [3.63, 3.8) is 0 Å². The highest BCUT2D eigenvalue weighted by Gasteiger charge is 2.29. The van der Waals surface area contributed by atoms with Crippen molar-refractivity contribution in [1.82, 2.24) is 14.7 Å². The lowest BCUT2D eigenvalue weighted by molar-refractivity contribution is -0.384. The third kappa shape index (κ3) is 3.49. The fourth-order valence-electron chi connectivity index (χ4n) is 2.83. The number of hydrogen-bond acceptors (Lipinski definition) is 5. The monoisotopic (exact) mass is 344 g/mol. The summed E-state index contributed by atoms with van der Waals surface area (Å²) in [6.45, 7) is 0.686. The number of carboxylic acids is 1. The van der Waals surface area contributed by atoms with Gasteiger partial charge in [0.25, 0.3) is 11.6 Å². The highest BCUT2D eigenvalue weighted by Crippen LogP contribution is 2.19. The summed E-state index contributed by atoms with van der Waals surface area (Å²) < 4.78 is 1.45. The van der Waals surface area contributed by atoms with Gasteiger partial charge in [-0.2, -0.15) is 5.10 Å². The number of nitro groups is 1. The van der Waals surface area contributed by atoms with Crippen LogP contribution in [-0.4, -0.2) is 49.7 Å². The lowest BCUT2D eigenvalue weighted by Crippen LogP contribution is -2.42. The Kier molecular flexibility index (Phi) is 4.46. The number of benzene rings is 1. The molecule has 0 radical (unpaired) electrons. The summed E-state index contributed by atoms with van der Waals surface area (Å²) in [5.74, 6) is -1.75.